The predicted molar refractivity (Wildman–Crippen MR) is 62.5 cm³/mol. The van der Waals surface area contributed by atoms with Crippen LogP contribution in [0.1, 0.15) is 31.9 Å². The van der Waals surface area contributed by atoms with E-state index in [1.165, 1.54) is 0 Å². The summed E-state index contributed by atoms with van der Waals surface area (Å²) < 4.78 is 38.0. The van der Waals surface area contributed by atoms with E-state index in [2.05, 4.69) is 20.6 Å². The Morgan fingerprint density at radius 3 is 2.56 bits per heavy atom. The monoisotopic (exact) mass is 260 g/mol. The molecular weight excluding hydrogens is 245 g/mol. The SMILES string of the molecule is CCNc1nc(NC2CCC2)cc(C(F)(F)F)n1. The van der Waals surface area contributed by atoms with Crippen molar-refractivity contribution in [3.8, 4) is 0 Å². The Balaban J connectivity index is 2.23. The summed E-state index contributed by atoms with van der Waals surface area (Å²) in [7, 11) is 0. The van der Waals surface area contributed by atoms with Crippen molar-refractivity contribution in [1.29, 1.82) is 0 Å². The molecular formula is C11H15F3N4. The van der Waals surface area contributed by atoms with Crippen LogP contribution in [-0.4, -0.2) is 22.6 Å². The van der Waals surface area contributed by atoms with E-state index in [0.717, 1.165) is 25.3 Å². The molecule has 2 N–H and O–H groups in total. The molecule has 1 aliphatic carbocycles. The highest BCUT2D eigenvalue weighted by atomic mass is 19.4. The van der Waals surface area contributed by atoms with Crippen molar-refractivity contribution in [2.24, 2.45) is 0 Å². The van der Waals surface area contributed by atoms with E-state index in [1.807, 2.05) is 0 Å². The molecule has 0 aliphatic heterocycles. The van der Waals surface area contributed by atoms with Gasteiger partial charge in [0.15, 0.2) is 5.69 Å². The lowest BCUT2D eigenvalue weighted by atomic mass is 9.93. The number of anilines is 2. The van der Waals surface area contributed by atoms with Crippen molar-refractivity contribution < 1.29 is 13.2 Å². The third-order valence-electron chi connectivity index (χ3n) is 2.81. The van der Waals surface area contributed by atoms with Crippen LogP contribution in [0.4, 0.5) is 24.9 Å². The van der Waals surface area contributed by atoms with Crippen LogP contribution in [-0.2, 0) is 6.18 Å². The summed E-state index contributed by atoms with van der Waals surface area (Å²) in [6.45, 7) is 2.26. The Morgan fingerprint density at radius 1 is 1.33 bits per heavy atom. The fourth-order valence-electron chi connectivity index (χ4n) is 1.67. The molecule has 100 valence electrons. The zero-order chi connectivity index (χ0) is 13.2. The van der Waals surface area contributed by atoms with Crippen molar-refractivity contribution in [2.45, 2.75) is 38.4 Å². The van der Waals surface area contributed by atoms with Gasteiger partial charge in [0.1, 0.15) is 5.82 Å². The maximum atomic E-state index is 12.7. The highest BCUT2D eigenvalue weighted by molar-refractivity contribution is 5.44. The number of aromatic nitrogens is 2. The highest BCUT2D eigenvalue weighted by Crippen LogP contribution is 2.30. The van der Waals surface area contributed by atoms with Gasteiger partial charge < -0.3 is 10.6 Å². The Labute approximate surface area is 103 Å². The number of hydrogen-bond acceptors (Lipinski definition) is 4. The molecule has 0 aromatic carbocycles. The van der Waals surface area contributed by atoms with E-state index >= 15 is 0 Å². The van der Waals surface area contributed by atoms with E-state index in [0.29, 0.717) is 6.54 Å². The van der Waals surface area contributed by atoms with Crippen molar-refractivity contribution in [1.82, 2.24) is 9.97 Å². The average Bonchev–Trinajstić information content (AvgIpc) is 2.23. The smallest absolute Gasteiger partial charge is 0.367 e. The first kappa shape index (κ1) is 12.9. The molecule has 4 nitrogen and oxygen atoms in total. The Morgan fingerprint density at radius 2 is 2.06 bits per heavy atom. The molecule has 0 saturated heterocycles. The van der Waals surface area contributed by atoms with Gasteiger partial charge in [-0.1, -0.05) is 0 Å². The second-order valence-electron chi connectivity index (χ2n) is 4.26. The first-order valence-corrected chi connectivity index (χ1v) is 5.95. The van der Waals surface area contributed by atoms with Gasteiger partial charge in [-0.15, -0.1) is 0 Å². The van der Waals surface area contributed by atoms with Crippen LogP contribution < -0.4 is 10.6 Å². The lowest BCUT2D eigenvalue weighted by Gasteiger charge is -2.27. The van der Waals surface area contributed by atoms with Crippen LogP contribution in [0.15, 0.2) is 6.07 Å². The highest BCUT2D eigenvalue weighted by Gasteiger charge is 2.34. The molecule has 0 spiro atoms. The van der Waals surface area contributed by atoms with Gasteiger partial charge in [-0.2, -0.15) is 18.2 Å². The standard InChI is InChI=1S/C11H15F3N4/c1-2-15-10-17-8(11(12,13)14)6-9(18-10)16-7-4-3-5-7/h6-7H,2-5H2,1H3,(H2,15,16,17,18). The zero-order valence-electron chi connectivity index (χ0n) is 10.0. The Hall–Kier alpha value is -1.53. The number of alkyl halides is 3. The van der Waals surface area contributed by atoms with Gasteiger partial charge >= 0.3 is 6.18 Å². The average molecular weight is 260 g/mol. The van der Waals surface area contributed by atoms with Gasteiger partial charge in [0.25, 0.3) is 0 Å². The molecule has 1 fully saturated rings. The summed E-state index contributed by atoms with van der Waals surface area (Å²) in [5.41, 5.74) is -0.921. The maximum Gasteiger partial charge on any atom is 0.433 e. The van der Waals surface area contributed by atoms with Crippen molar-refractivity contribution in [3.63, 3.8) is 0 Å². The minimum atomic E-state index is -4.46. The van der Waals surface area contributed by atoms with Gasteiger partial charge in [0, 0.05) is 18.7 Å². The van der Waals surface area contributed by atoms with Crippen LogP contribution in [0, 0.1) is 0 Å². The Bertz CT molecular complexity index is 415. The van der Waals surface area contributed by atoms with Gasteiger partial charge in [0.05, 0.1) is 0 Å². The maximum absolute atomic E-state index is 12.7. The number of hydrogen-bond donors (Lipinski definition) is 2. The third-order valence-corrected chi connectivity index (χ3v) is 2.81. The molecule has 0 unspecified atom stereocenters. The van der Waals surface area contributed by atoms with Crippen LogP contribution in [0.3, 0.4) is 0 Å². The molecule has 7 heteroatoms. The number of nitrogens with one attached hydrogen (secondary N) is 2. The summed E-state index contributed by atoms with van der Waals surface area (Å²) >= 11 is 0. The van der Waals surface area contributed by atoms with Crippen LogP contribution in [0.25, 0.3) is 0 Å². The molecule has 0 atom stereocenters. The lowest BCUT2D eigenvalue weighted by Crippen LogP contribution is -2.28. The summed E-state index contributed by atoms with van der Waals surface area (Å²) in [4.78, 5) is 7.48. The zero-order valence-corrected chi connectivity index (χ0v) is 10.0. The summed E-state index contributed by atoms with van der Waals surface area (Å²) in [5, 5.41) is 5.71. The summed E-state index contributed by atoms with van der Waals surface area (Å²) in [6.07, 6.45) is -1.40. The molecule has 0 bridgehead atoms. The molecule has 2 rings (SSSR count). The van der Waals surface area contributed by atoms with E-state index in [9.17, 15) is 13.2 Å². The van der Waals surface area contributed by atoms with E-state index < -0.39 is 11.9 Å². The number of nitrogens with zero attached hydrogens (tertiary/aromatic N) is 2. The minimum Gasteiger partial charge on any atom is -0.367 e. The van der Waals surface area contributed by atoms with Crippen LogP contribution >= 0.6 is 0 Å². The van der Waals surface area contributed by atoms with E-state index in [-0.39, 0.29) is 17.8 Å². The molecule has 18 heavy (non-hydrogen) atoms. The third kappa shape index (κ3) is 3.02. The van der Waals surface area contributed by atoms with E-state index in [1.54, 1.807) is 6.92 Å². The molecule has 0 amide bonds. The number of halogens is 3. The molecule has 1 heterocycles. The fraction of sp³-hybridized carbons (Fsp3) is 0.636. The summed E-state index contributed by atoms with van der Waals surface area (Å²) in [6, 6.07) is 1.19. The quantitative estimate of drug-likeness (QED) is 0.874. The fourth-order valence-corrected chi connectivity index (χ4v) is 1.67. The van der Waals surface area contributed by atoms with Gasteiger partial charge in [-0.05, 0) is 26.2 Å². The van der Waals surface area contributed by atoms with Gasteiger partial charge in [-0.3, -0.25) is 0 Å². The van der Waals surface area contributed by atoms with Crippen LogP contribution in [0.2, 0.25) is 0 Å². The second-order valence-corrected chi connectivity index (χ2v) is 4.26. The van der Waals surface area contributed by atoms with Crippen molar-refractivity contribution in [3.05, 3.63) is 11.8 Å². The van der Waals surface area contributed by atoms with Crippen molar-refractivity contribution in [2.75, 3.05) is 17.2 Å². The molecule has 1 aliphatic rings. The van der Waals surface area contributed by atoms with E-state index in [4.69, 9.17) is 0 Å². The molecule has 1 saturated carbocycles. The molecule has 0 radical (unpaired) electrons. The molecule has 1 aromatic heterocycles. The predicted octanol–water partition coefficient (Wildman–Crippen LogP) is 2.89. The Kier molecular flexibility index (Phi) is 3.58. The van der Waals surface area contributed by atoms with Crippen LogP contribution in [0.5, 0.6) is 0 Å². The van der Waals surface area contributed by atoms with Gasteiger partial charge in [-0.25, -0.2) is 4.98 Å². The van der Waals surface area contributed by atoms with Crippen molar-refractivity contribution >= 4 is 11.8 Å². The molecule has 1 aromatic rings. The second kappa shape index (κ2) is 4.99. The largest absolute Gasteiger partial charge is 0.433 e. The summed E-state index contributed by atoms with van der Waals surface area (Å²) in [5.74, 6) is 0.243. The first-order valence-electron chi connectivity index (χ1n) is 5.95. The minimum absolute atomic E-state index is 0.00847. The first-order chi connectivity index (χ1) is 8.49. The number of rotatable bonds is 4. The lowest BCUT2D eigenvalue weighted by molar-refractivity contribution is -0.141. The topological polar surface area (TPSA) is 49.8 Å². The van der Waals surface area contributed by atoms with Gasteiger partial charge in [0.2, 0.25) is 5.95 Å². The normalized spacial score (nSPS) is 16.2.